The number of aromatic amines is 1. The molecule has 0 saturated carbocycles. The zero-order valence-electron chi connectivity index (χ0n) is 15.3. The highest BCUT2D eigenvalue weighted by molar-refractivity contribution is 7.92. The van der Waals surface area contributed by atoms with Gasteiger partial charge in [-0.2, -0.15) is 0 Å². The molecule has 0 spiro atoms. The molecule has 0 saturated heterocycles. The van der Waals surface area contributed by atoms with Crippen LogP contribution < -0.4 is 5.56 Å². The van der Waals surface area contributed by atoms with Crippen LogP contribution in [0.1, 0.15) is 18.9 Å². The van der Waals surface area contributed by atoms with Crippen LogP contribution in [-0.2, 0) is 14.6 Å². The fraction of sp³-hybridized carbons (Fsp3) is 0.143. The van der Waals surface area contributed by atoms with Crippen molar-refractivity contribution in [2.45, 2.75) is 23.5 Å². The lowest BCUT2D eigenvalue weighted by Crippen LogP contribution is -2.29. The molecule has 0 amide bonds. The molecule has 0 atom stereocenters. The molecule has 0 fully saturated rings. The summed E-state index contributed by atoms with van der Waals surface area (Å²) in [5.74, 6) is 0. The Balaban J connectivity index is 1.79. The Morgan fingerprint density at radius 1 is 1.00 bits per heavy atom. The van der Waals surface area contributed by atoms with Gasteiger partial charge in [-0.25, -0.2) is 13.4 Å². The van der Waals surface area contributed by atoms with Gasteiger partial charge < -0.3 is 4.98 Å². The first kappa shape index (κ1) is 18.6. The number of hydrogen-bond acceptors (Lipinski definition) is 5. The molecule has 0 aliphatic rings. The number of pyridine rings is 1. The van der Waals surface area contributed by atoms with E-state index in [4.69, 9.17) is 0 Å². The van der Waals surface area contributed by atoms with Gasteiger partial charge in [0, 0.05) is 10.9 Å². The molecule has 28 heavy (non-hydrogen) atoms. The van der Waals surface area contributed by atoms with E-state index in [1.165, 1.54) is 11.3 Å². The van der Waals surface area contributed by atoms with E-state index >= 15 is 0 Å². The standard InChI is InChI=1S/C21H18N2O3S2/c1-21(2,28(25,26)15-9-4-3-5-10-15)20-23-18(13-27-20)16-12-14-8-6-7-11-17(14)22-19(16)24/h3-13H,1-2H3,(H,22,24). The number of benzene rings is 2. The van der Waals surface area contributed by atoms with Crippen LogP contribution in [0.25, 0.3) is 22.2 Å². The second kappa shape index (κ2) is 6.68. The summed E-state index contributed by atoms with van der Waals surface area (Å²) in [6.07, 6.45) is 0. The van der Waals surface area contributed by atoms with Gasteiger partial charge in [0.25, 0.3) is 5.56 Å². The smallest absolute Gasteiger partial charge is 0.257 e. The topological polar surface area (TPSA) is 79.9 Å². The van der Waals surface area contributed by atoms with Gasteiger partial charge in [0.1, 0.15) is 9.75 Å². The van der Waals surface area contributed by atoms with Crippen molar-refractivity contribution in [3.63, 3.8) is 0 Å². The minimum atomic E-state index is -3.64. The third-order valence-electron chi connectivity index (χ3n) is 4.77. The van der Waals surface area contributed by atoms with E-state index in [0.29, 0.717) is 16.3 Å². The number of para-hydroxylation sites is 1. The van der Waals surface area contributed by atoms with Gasteiger partial charge in [0.15, 0.2) is 9.84 Å². The van der Waals surface area contributed by atoms with Crippen molar-refractivity contribution in [1.29, 1.82) is 0 Å². The molecule has 0 bridgehead atoms. The molecule has 0 aliphatic heterocycles. The summed E-state index contributed by atoms with van der Waals surface area (Å²) < 4.78 is 25.1. The van der Waals surface area contributed by atoms with E-state index in [2.05, 4.69) is 9.97 Å². The number of aromatic nitrogens is 2. The Kier molecular flexibility index (Phi) is 4.44. The molecule has 0 aliphatic carbocycles. The minimum absolute atomic E-state index is 0.250. The molecule has 0 unspecified atom stereocenters. The molecular formula is C21H18N2O3S2. The fourth-order valence-electron chi connectivity index (χ4n) is 3.02. The van der Waals surface area contributed by atoms with E-state index in [1.54, 1.807) is 55.6 Å². The van der Waals surface area contributed by atoms with E-state index in [0.717, 1.165) is 10.9 Å². The van der Waals surface area contributed by atoms with Crippen molar-refractivity contribution < 1.29 is 8.42 Å². The third kappa shape index (κ3) is 2.96. The lowest BCUT2D eigenvalue weighted by molar-refractivity contribution is 0.554. The molecule has 4 rings (SSSR count). The van der Waals surface area contributed by atoms with Crippen LogP contribution >= 0.6 is 11.3 Å². The predicted molar refractivity (Wildman–Crippen MR) is 112 cm³/mol. The van der Waals surface area contributed by atoms with Crippen molar-refractivity contribution in [3.8, 4) is 11.3 Å². The second-order valence-electron chi connectivity index (χ2n) is 6.96. The van der Waals surface area contributed by atoms with E-state index in [1.807, 2.05) is 24.3 Å². The Morgan fingerprint density at radius 3 is 2.43 bits per heavy atom. The van der Waals surface area contributed by atoms with E-state index < -0.39 is 14.6 Å². The Hall–Kier alpha value is -2.77. The molecule has 0 radical (unpaired) electrons. The van der Waals surface area contributed by atoms with Crippen LogP contribution in [-0.4, -0.2) is 18.4 Å². The molecule has 2 heterocycles. The van der Waals surface area contributed by atoms with Gasteiger partial charge in [-0.15, -0.1) is 11.3 Å². The van der Waals surface area contributed by atoms with Gasteiger partial charge >= 0.3 is 0 Å². The van der Waals surface area contributed by atoms with Gasteiger partial charge in [0.05, 0.1) is 16.2 Å². The quantitative estimate of drug-likeness (QED) is 0.542. The molecule has 2 aromatic carbocycles. The van der Waals surface area contributed by atoms with Crippen molar-refractivity contribution in [2.75, 3.05) is 0 Å². The Morgan fingerprint density at radius 2 is 1.68 bits per heavy atom. The summed E-state index contributed by atoms with van der Waals surface area (Å²) in [4.78, 5) is 20.1. The van der Waals surface area contributed by atoms with Gasteiger partial charge in [-0.05, 0) is 43.5 Å². The highest BCUT2D eigenvalue weighted by Crippen LogP contribution is 2.37. The summed E-state index contributed by atoms with van der Waals surface area (Å²) in [5.41, 5.74) is 1.40. The first-order chi connectivity index (χ1) is 13.3. The van der Waals surface area contributed by atoms with Crippen molar-refractivity contribution >= 4 is 32.1 Å². The molecule has 2 aromatic heterocycles. The second-order valence-corrected chi connectivity index (χ2v) is 10.3. The first-order valence-electron chi connectivity index (χ1n) is 8.69. The predicted octanol–water partition coefficient (Wildman–Crippen LogP) is 4.36. The number of nitrogens with one attached hydrogen (secondary N) is 1. The first-order valence-corrected chi connectivity index (χ1v) is 11.0. The van der Waals surface area contributed by atoms with E-state index in [-0.39, 0.29) is 10.5 Å². The fourth-order valence-corrected chi connectivity index (χ4v) is 5.71. The number of H-pyrrole nitrogens is 1. The summed E-state index contributed by atoms with van der Waals surface area (Å²) in [7, 11) is -3.64. The van der Waals surface area contributed by atoms with Crippen LogP contribution in [0.4, 0.5) is 0 Å². The molecule has 1 N–H and O–H groups in total. The summed E-state index contributed by atoms with van der Waals surface area (Å²) in [6, 6.07) is 17.6. The maximum Gasteiger partial charge on any atom is 0.257 e. The van der Waals surface area contributed by atoms with Crippen LogP contribution in [0.2, 0.25) is 0 Å². The van der Waals surface area contributed by atoms with Crippen molar-refractivity contribution in [1.82, 2.24) is 9.97 Å². The van der Waals surface area contributed by atoms with Crippen molar-refractivity contribution in [3.05, 3.63) is 81.4 Å². The normalized spacial score (nSPS) is 12.4. The van der Waals surface area contributed by atoms with Crippen LogP contribution in [0.3, 0.4) is 0 Å². The van der Waals surface area contributed by atoms with Crippen molar-refractivity contribution in [2.24, 2.45) is 0 Å². The third-order valence-corrected chi connectivity index (χ3v) is 8.50. The number of thiazole rings is 1. The van der Waals surface area contributed by atoms with Crippen LogP contribution in [0.5, 0.6) is 0 Å². The average Bonchev–Trinajstić information content (AvgIpc) is 3.18. The van der Waals surface area contributed by atoms with Crippen LogP contribution in [0, 0.1) is 0 Å². The number of sulfone groups is 1. The van der Waals surface area contributed by atoms with Crippen LogP contribution in [0.15, 0.2) is 75.7 Å². The summed E-state index contributed by atoms with van der Waals surface area (Å²) in [5, 5.41) is 3.07. The Labute approximate surface area is 166 Å². The van der Waals surface area contributed by atoms with E-state index in [9.17, 15) is 13.2 Å². The lowest BCUT2D eigenvalue weighted by Gasteiger charge is -2.22. The largest absolute Gasteiger partial charge is 0.321 e. The van der Waals surface area contributed by atoms with Gasteiger partial charge in [0.2, 0.25) is 0 Å². The van der Waals surface area contributed by atoms with Gasteiger partial charge in [-0.3, -0.25) is 4.79 Å². The number of fused-ring (bicyclic) bond motifs is 1. The Bertz CT molecular complexity index is 1320. The SMILES string of the molecule is CC(C)(c1nc(-c2cc3ccccc3[nH]c2=O)cs1)S(=O)(=O)c1ccccc1. The zero-order chi connectivity index (χ0) is 19.9. The van der Waals surface area contributed by atoms with Gasteiger partial charge in [-0.1, -0.05) is 36.4 Å². The number of hydrogen-bond donors (Lipinski definition) is 1. The monoisotopic (exact) mass is 410 g/mol. The number of nitrogens with zero attached hydrogens (tertiary/aromatic N) is 1. The lowest BCUT2D eigenvalue weighted by atomic mass is 10.1. The summed E-state index contributed by atoms with van der Waals surface area (Å²) >= 11 is 1.24. The average molecular weight is 411 g/mol. The number of rotatable bonds is 4. The molecule has 4 aromatic rings. The highest BCUT2D eigenvalue weighted by Gasteiger charge is 2.40. The molecular weight excluding hydrogens is 392 g/mol. The summed E-state index contributed by atoms with van der Waals surface area (Å²) in [6.45, 7) is 3.28. The molecule has 5 nitrogen and oxygen atoms in total. The maximum absolute atomic E-state index is 13.1. The molecule has 142 valence electrons. The zero-order valence-corrected chi connectivity index (χ0v) is 17.0. The molecule has 7 heteroatoms. The maximum atomic E-state index is 13.1. The highest BCUT2D eigenvalue weighted by atomic mass is 32.2. The minimum Gasteiger partial charge on any atom is -0.321 e.